The van der Waals surface area contributed by atoms with Crippen LogP contribution < -0.4 is 5.32 Å². The Morgan fingerprint density at radius 2 is 1.56 bits per heavy atom. The molecule has 0 saturated carbocycles. The van der Waals surface area contributed by atoms with Gasteiger partial charge >= 0.3 is 5.97 Å². The standard InChI is InChI=1S/C22H21NO3S/c24-21(14-19-11-12-27-16-19)23-20(13-17-7-3-1-4-8-17)22(25)26-15-18-9-5-2-6-10-18/h1-12,16,20H,13-15H2,(H,23,24)/t20-/m0/s1. The number of esters is 1. The van der Waals surface area contributed by atoms with Crippen molar-refractivity contribution in [2.45, 2.75) is 25.5 Å². The first-order chi connectivity index (χ1) is 13.2. The topological polar surface area (TPSA) is 55.4 Å². The van der Waals surface area contributed by atoms with Gasteiger partial charge in [0.15, 0.2) is 0 Å². The van der Waals surface area contributed by atoms with Gasteiger partial charge in [-0.1, -0.05) is 60.7 Å². The van der Waals surface area contributed by atoms with E-state index in [2.05, 4.69) is 5.32 Å². The Labute approximate surface area is 162 Å². The van der Waals surface area contributed by atoms with Crippen LogP contribution in [0.1, 0.15) is 16.7 Å². The maximum absolute atomic E-state index is 12.6. The van der Waals surface area contributed by atoms with Gasteiger partial charge in [-0.15, -0.1) is 0 Å². The van der Waals surface area contributed by atoms with E-state index in [9.17, 15) is 9.59 Å². The summed E-state index contributed by atoms with van der Waals surface area (Å²) in [5.41, 5.74) is 2.82. The van der Waals surface area contributed by atoms with Gasteiger partial charge in [-0.05, 0) is 33.5 Å². The molecule has 1 atom stereocenters. The third-order valence-electron chi connectivity index (χ3n) is 4.07. The van der Waals surface area contributed by atoms with Crippen LogP contribution in [0.3, 0.4) is 0 Å². The molecule has 27 heavy (non-hydrogen) atoms. The Kier molecular flexibility index (Phi) is 6.77. The SMILES string of the molecule is O=C(Cc1ccsc1)N[C@@H](Cc1ccccc1)C(=O)OCc1ccccc1. The fraction of sp³-hybridized carbons (Fsp3) is 0.182. The number of thiophene rings is 1. The van der Waals surface area contributed by atoms with Crippen molar-refractivity contribution in [1.29, 1.82) is 0 Å². The average Bonchev–Trinajstić information content (AvgIpc) is 3.20. The van der Waals surface area contributed by atoms with Crippen molar-refractivity contribution in [3.8, 4) is 0 Å². The fourth-order valence-electron chi connectivity index (χ4n) is 2.70. The lowest BCUT2D eigenvalue weighted by molar-refractivity contribution is -0.149. The van der Waals surface area contributed by atoms with E-state index in [0.29, 0.717) is 6.42 Å². The summed E-state index contributed by atoms with van der Waals surface area (Å²) < 4.78 is 5.45. The van der Waals surface area contributed by atoms with E-state index in [0.717, 1.165) is 16.7 Å². The van der Waals surface area contributed by atoms with Crippen molar-refractivity contribution in [3.05, 3.63) is 94.2 Å². The number of hydrogen-bond acceptors (Lipinski definition) is 4. The number of hydrogen-bond donors (Lipinski definition) is 1. The van der Waals surface area contributed by atoms with Gasteiger partial charge < -0.3 is 10.1 Å². The van der Waals surface area contributed by atoms with Crippen molar-refractivity contribution in [3.63, 3.8) is 0 Å². The van der Waals surface area contributed by atoms with Gasteiger partial charge in [-0.2, -0.15) is 11.3 Å². The molecule has 0 fully saturated rings. The summed E-state index contributed by atoms with van der Waals surface area (Å²) in [6, 6.07) is 20.3. The molecular formula is C22H21NO3S. The van der Waals surface area contributed by atoms with Crippen molar-refractivity contribution < 1.29 is 14.3 Å². The predicted octanol–water partition coefficient (Wildman–Crippen LogP) is 3.76. The molecule has 1 aromatic heterocycles. The molecule has 0 aliphatic carbocycles. The molecule has 2 aromatic carbocycles. The molecule has 5 heteroatoms. The molecule has 0 aliphatic heterocycles. The lowest BCUT2D eigenvalue weighted by atomic mass is 10.1. The highest BCUT2D eigenvalue weighted by molar-refractivity contribution is 7.08. The highest BCUT2D eigenvalue weighted by atomic mass is 32.1. The molecule has 4 nitrogen and oxygen atoms in total. The number of benzene rings is 2. The molecular weight excluding hydrogens is 358 g/mol. The van der Waals surface area contributed by atoms with Gasteiger partial charge in [0, 0.05) is 6.42 Å². The van der Waals surface area contributed by atoms with Crippen LogP contribution in [0.4, 0.5) is 0 Å². The van der Waals surface area contributed by atoms with Crippen molar-refractivity contribution in [1.82, 2.24) is 5.32 Å². The molecule has 0 unspecified atom stereocenters. The molecule has 0 aliphatic rings. The summed E-state index contributed by atoms with van der Waals surface area (Å²) in [6.07, 6.45) is 0.643. The zero-order valence-electron chi connectivity index (χ0n) is 14.8. The summed E-state index contributed by atoms with van der Waals surface area (Å²) in [5, 5.41) is 6.69. The number of ether oxygens (including phenoxy) is 1. The number of amides is 1. The van der Waals surface area contributed by atoms with E-state index in [1.54, 1.807) is 11.3 Å². The molecule has 138 valence electrons. The van der Waals surface area contributed by atoms with Gasteiger partial charge in [0.1, 0.15) is 12.6 Å². The molecule has 3 rings (SSSR count). The third kappa shape index (κ3) is 6.08. The maximum Gasteiger partial charge on any atom is 0.329 e. The largest absolute Gasteiger partial charge is 0.459 e. The first-order valence-electron chi connectivity index (χ1n) is 8.75. The first kappa shape index (κ1) is 18.9. The monoisotopic (exact) mass is 379 g/mol. The normalized spacial score (nSPS) is 11.6. The van der Waals surface area contributed by atoms with Gasteiger partial charge in [0.05, 0.1) is 6.42 Å². The van der Waals surface area contributed by atoms with Gasteiger partial charge in [0.25, 0.3) is 0 Å². The van der Waals surface area contributed by atoms with Gasteiger partial charge in [-0.25, -0.2) is 4.79 Å². The number of carbonyl (C=O) groups excluding carboxylic acids is 2. The molecule has 0 bridgehead atoms. The fourth-order valence-corrected chi connectivity index (χ4v) is 3.36. The van der Waals surface area contributed by atoms with Crippen molar-refractivity contribution in [2.24, 2.45) is 0 Å². The van der Waals surface area contributed by atoms with Crippen molar-refractivity contribution in [2.75, 3.05) is 0 Å². The summed E-state index contributed by atoms with van der Waals surface area (Å²) >= 11 is 1.54. The van der Waals surface area contributed by atoms with Crippen LogP contribution >= 0.6 is 11.3 Å². The predicted molar refractivity (Wildman–Crippen MR) is 106 cm³/mol. The highest BCUT2D eigenvalue weighted by Crippen LogP contribution is 2.09. The maximum atomic E-state index is 12.6. The minimum absolute atomic E-state index is 0.186. The van der Waals surface area contributed by atoms with Crippen LogP contribution in [-0.2, 0) is 33.8 Å². The second kappa shape index (κ2) is 9.69. The van der Waals surface area contributed by atoms with Crippen molar-refractivity contribution >= 4 is 23.2 Å². The van der Waals surface area contributed by atoms with E-state index in [1.165, 1.54) is 0 Å². The first-order valence-corrected chi connectivity index (χ1v) is 9.70. The van der Waals surface area contributed by atoms with Crippen LogP contribution in [0.5, 0.6) is 0 Å². The summed E-state index contributed by atoms with van der Waals surface area (Å²) in [7, 11) is 0. The molecule has 0 radical (unpaired) electrons. The Morgan fingerprint density at radius 3 is 2.19 bits per heavy atom. The lowest BCUT2D eigenvalue weighted by Crippen LogP contribution is -2.44. The third-order valence-corrected chi connectivity index (χ3v) is 4.80. The van der Waals surface area contributed by atoms with Crippen LogP contribution in [-0.4, -0.2) is 17.9 Å². The summed E-state index contributed by atoms with van der Waals surface area (Å²) in [5.74, 6) is -0.618. The smallest absolute Gasteiger partial charge is 0.329 e. The van der Waals surface area contributed by atoms with Crippen LogP contribution in [0.25, 0.3) is 0 Å². The molecule has 1 amide bonds. The molecule has 1 N–H and O–H groups in total. The van der Waals surface area contributed by atoms with E-state index in [1.807, 2.05) is 77.5 Å². The average molecular weight is 379 g/mol. The Morgan fingerprint density at radius 1 is 0.889 bits per heavy atom. The molecule has 1 heterocycles. The number of nitrogens with one attached hydrogen (secondary N) is 1. The van der Waals surface area contributed by atoms with Gasteiger partial charge in [-0.3, -0.25) is 4.79 Å². The minimum atomic E-state index is -0.720. The van der Waals surface area contributed by atoms with Crippen LogP contribution in [0.2, 0.25) is 0 Å². The summed E-state index contributed by atoms with van der Waals surface area (Å²) in [6.45, 7) is 0.186. The van der Waals surface area contributed by atoms with Gasteiger partial charge in [0.2, 0.25) is 5.91 Å². The quantitative estimate of drug-likeness (QED) is 0.606. The van der Waals surface area contributed by atoms with E-state index in [4.69, 9.17) is 4.74 Å². The van der Waals surface area contributed by atoms with E-state index in [-0.39, 0.29) is 18.9 Å². The molecule has 0 saturated heterocycles. The lowest BCUT2D eigenvalue weighted by Gasteiger charge is -2.18. The van der Waals surface area contributed by atoms with Crippen LogP contribution in [0, 0.1) is 0 Å². The minimum Gasteiger partial charge on any atom is -0.459 e. The Hall–Kier alpha value is -2.92. The second-order valence-electron chi connectivity index (χ2n) is 6.21. The van der Waals surface area contributed by atoms with Crippen LogP contribution in [0.15, 0.2) is 77.5 Å². The second-order valence-corrected chi connectivity index (χ2v) is 6.99. The number of rotatable bonds is 8. The molecule has 3 aromatic rings. The highest BCUT2D eigenvalue weighted by Gasteiger charge is 2.23. The summed E-state index contributed by atoms with van der Waals surface area (Å²) in [4.78, 5) is 25.0. The van der Waals surface area contributed by atoms with E-state index >= 15 is 0 Å². The number of carbonyl (C=O) groups is 2. The zero-order chi connectivity index (χ0) is 18.9. The Balaban J connectivity index is 1.64. The molecule has 0 spiro atoms. The Bertz CT molecular complexity index is 848. The van der Waals surface area contributed by atoms with E-state index < -0.39 is 12.0 Å². The zero-order valence-corrected chi connectivity index (χ0v) is 15.7.